The minimum atomic E-state index is 0.148. The van der Waals surface area contributed by atoms with E-state index in [1.807, 2.05) is 0 Å². The summed E-state index contributed by atoms with van der Waals surface area (Å²) in [5.41, 5.74) is 0.148. The molecule has 0 amide bonds. The van der Waals surface area contributed by atoms with Gasteiger partial charge in [-0.1, -0.05) is 34.1 Å². The van der Waals surface area contributed by atoms with Gasteiger partial charge >= 0.3 is 0 Å². The van der Waals surface area contributed by atoms with E-state index in [1.54, 1.807) is 0 Å². The lowest BCUT2D eigenvalue weighted by molar-refractivity contribution is 0.0802. The molecule has 1 N–H and O–H groups in total. The molecule has 2 unspecified atom stereocenters. The normalized spacial score (nSPS) is 20.1. The van der Waals surface area contributed by atoms with Gasteiger partial charge in [-0.2, -0.15) is 0 Å². The van der Waals surface area contributed by atoms with Crippen molar-refractivity contribution < 1.29 is 5.11 Å². The highest BCUT2D eigenvalue weighted by Crippen LogP contribution is 2.32. The van der Waals surface area contributed by atoms with Gasteiger partial charge in [-0.25, -0.2) is 0 Å². The van der Waals surface area contributed by atoms with Crippen LogP contribution in [0.5, 0.6) is 0 Å². The van der Waals surface area contributed by atoms with Crippen LogP contribution in [0.4, 0.5) is 0 Å². The fourth-order valence-electron chi connectivity index (χ4n) is 1.11. The fourth-order valence-corrected chi connectivity index (χ4v) is 1.11. The van der Waals surface area contributed by atoms with Crippen LogP contribution in [-0.4, -0.2) is 11.7 Å². The summed E-state index contributed by atoms with van der Waals surface area (Å²) in [4.78, 5) is 0. The maximum Gasteiger partial charge on any atom is 0.0487 e. The molecule has 0 aromatic rings. The first-order valence-corrected chi connectivity index (χ1v) is 4.21. The monoisotopic (exact) mass is 144 g/mol. The summed E-state index contributed by atoms with van der Waals surface area (Å²) in [6.45, 7) is 9.00. The van der Waals surface area contributed by atoms with Crippen LogP contribution in [0.3, 0.4) is 0 Å². The highest BCUT2D eigenvalue weighted by molar-refractivity contribution is 4.76. The average molecular weight is 144 g/mol. The van der Waals surface area contributed by atoms with Crippen LogP contribution in [0.25, 0.3) is 0 Å². The molecular weight excluding hydrogens is 124 g/mol. The Balaban J connectivity index is 4.02. The first kappa shape index (κ1) is 9.96. The predicted octanol–water partition coefficient (Wildman–Crippen LogP) is 2.44. The molecule has 0 aliphatic rings. The third-order valence-corrected chi connectivity index (χ3v) is 2.97. The van der Waals surface area contributed by atoms with E-state index in [0.717, 1.165) is 12.8 Å². The molecule has 0 heterocycles. The van der Waals surface area contributed by atoms with Gasteiger partial charge in [0.25, 0.3) is 0 Å². The Morgan fingerprint density at radius 1 is 1.40 bits per heavy atom. The van der Waals surface area contributed by atoms with E-state index in [2.05, 4.69) is 27.7 Å². The summed E-state index contributed by atoms with van der Waals surface area (Å²) < 4.78 is 0. The highest BCUT2D eigenvalue weighted by Gasteiger charge is 2.26. The van der Waals surface area contributed by atoms with Gasteiger partial charge in [0.1, 0.15) is 0 Å². The van der Waals surface area contributed by atoms with Crippen LogP contribution >= 0.6 is 0 Å². The molecule has 10 heavy (non-hydrogen) atoms. The zero-order chi connectivity index (χ0) is 8.20. The van der Waals surface area contributed by atoms with Crippen molar-refractivity contribution in [2.45, 2.75) is 40.5 Å². The number of aliphatic hydroxyl groups excluding tert-OH is 1. The second-order valence-corrected chi connectivity index (χ2v) is 3.47. The van der Waals surface area contributed by atoms with Crippen LogP contribution < -0.4 is 0 Å². The second-order valence-electron chi connectivity index (χ2n) is 3.47. The van der Waals surface area contributed by atoms with E-state index in [4.69, 9.17) is 5.11 Å². The third kappa shape index (κ3) is 1.98. The van der Waals surface area contributed by atoms with Gasteiger partial charge in [0.05, 0.1) is 0 Å². The molecule has 0 saturated carbocycles. The Morgan fingerprint density at radius 3 is 2.00 bits per heavy atom. The number of aliphatic hydroxyl groups is 1. The maximum atomic E-state index is 9.09. The van der Waals surface area contributed by atoms with Crippen molar-refractivity contribution in [3.63, 3.8) is 0 Å². The lowest BCUT2D eigenvalue weighted by Gasteiger charge is -2.32. The zero-order valence-corrected chi connectivity index (χ0v) is 7.65. The van der Waals surface area contributed by atoms with Gasteiger partial charge in [0.15, 0.2) is 0 Å². The number of rotatable bonds is 4. The van der Waals surface area contributed by atoms with Gasteiger partial charge in [0.2, 0.25) is 0 Å². The average Bonchev–Trinajstić information content (AvgIpc) is 2.01. The van der Waals surface area contributed by atoms with E-state index in [-0.39, 0.29) is 5.41 Å². The molecule has 0 bridgehead atoms. The maximum absolute atomic E-state index is 9.09. The smallest absolute Gasteiger partial charge is 0.0487 e. The molecule has 0 aromatic carbocycles. The standard InChI is InChI=1S/C9H20O/c1-5-8(3)9(4,6-2)7-10/h8,10H,5-7H2,1-4H3. The Hall–Kier alpha value is -0.0400. The molecule has 1 heteroatoms. The van der Waals surface area contributed by atoms with E-state index < -0.39 is 0 Å². The highest BCUT2D eigenvalue weighted by atomic mass is 16.3. The summed E-state index contributed by atoms with van der Waals surface area (Å²) in [7, 11) is 0. The fraction of sp³-hybridized carbons (Fsp3) is 1.00. The molecular formula is C9H20O. The van der Waals surface area contributed by atoms with Crippen molar-refractivity contribution in [2.75, 3.05) is 6.61 Å². The summed E-state index contributed by atoms with van der Waals surface area (Å²) >= 11 is 0. The molecule has 0 saturated heterocycles. The van der Waals surface area contributed by atoms with Gasteiger partial charge in [-0.05, 0) is 17.8 Å². The van der Waals surface area contributed by atoms with Gasteiger partial charge in [-0.3, -0.25) is 0 Å². The molecule has 0 aromatic heterocycles. The van der Waals surface area contributed by atoms with Crippen molar-refractivity contribution in [3.05, 3.63) is 0 Å². The minimum absolute atomic E-state index is 0.148. The first-order chi connectivity index (χ1) is 4.60. The Morgan fingerprint density at radius 2 is 1.90 bits per heavy atom. The number of hydrogen-bond donors (Lipinski definition) is 1. The Bertz CT molecular complexity index is 84.7. The zero-order valence-electron chi connectivity index (χ0n) is 7.65. The topological polar surface area (TPSA) is 20.2 Å². The lowest BCUT2D eigenvalue weighted by atomic mass is 9.75. The van der Waals surface area contributed by atoms with Crippen molar-refractivity contribution in [1.82, 2.24) is 0 Å². The molecule has 0 fully saturated rings. The molecule has 0 aliphatic carbocycles. The quantitative estimate of drug-likeness (QED) is 0.642. The summed E-state index contributed by atoms with van der Waals surface area (Å²) in [6, 6.07) is 0. The van der Waals surface area contributed by atoms with Crippen LogP contribution in [-0.2, 0) is 0 Å². The van der Waals surface area contributed by atoms with Gasteiger partial charge < -0.3 is 5.11 Å². The van der Waals surface area contributed by atoms with Crippen LogP contribution in [0.2, 0.25) is 0 Å². The van der Waals surface area contributed by atoms with Crippen molar-refractivity contribution >= 4 is 0 Å². The molecule has 1 nitrogen and oxygen atoms in total. The molecule has 0 rings (SSSR count). The summed E-state index contributed by atoms with van der Waals surface area (Å²) in [5.74, 6) is 0.627. The SMILES string of the molecule is CCC(C)C(C)(CC)CO. The molecule has 2 atom stereocenters. The third-order valence-electron chi connectivity index (χ3n) is 2.97. The van der Waals surface area contributed by atoms with Crippen LogP contribution in [0.1, 0.15) is 40.5 Å². The second kappa shape index (κ2) is 3.97. The van der Waals surface area contributed by atoms with Gasteiger partial charge in [0, 0.05) is 6.61 Å². The van der Waals surface area contributed by atoms with E-state index in [0.29, 0.717) is 12.5 Å². The van der Waals surface area contributed by atoms with E-state index in [9.17, 15) is 0 Å². The van der Waals surface area contributed by atoms with Crippen molar-refractivity contribution in [2.24, 2.45) is 11.3 Å². The largest absolute Gasteiger partial charge is 0.396 e. The molecule has 62 valence electrons. The Kier molecular flexibility index (Phi) is 3.95. The van der Waals surface area contributed by atoms with Crippen LogP contribution in [0.15, 0.2) is 0 Å². The van der Waals surface area contributed by atoms with Gasteiger partial charge in [-0.15, -0.1) is 0 Å². The Labute approximate surface area is 64.5 Å². The van der Waals surface area contributed by atoms with Crippen molar-refractivity contribution in [3.8, 4) is 0 Å². The predicted molar refractivity (Wildman–Crippen MR) is 44.9 cm³/mol. The summed E-state index contributed by atoms with van der Waals surface area (Å²) in [6.07, 6.45) is 2.23. The molecule has 0 radical (unpaired) electrons. The van der Waals surface area contributed by atoms with E-state index >= 15 is 0 Å². The lowest BCUT2D eigenvalue weighted by Crippen LogP contribution is -2.28. The summed E-state index contributed by atoms with van der Waals surface area (Å²) in [5, 5.41) is 9.09. The molecule has 0 spiro atoms. The van der Waals surface area contributed by atoms with Crippen LogP contribution in [0, 0.1) is 11.3 Å². The first-order valence-electron chi connectivity index (χ1n) is 4.21. The van der Waals surface area contributed by atoms with E-state index in [1.165, 1.54) is 0 Å². The molecule has 0 aliphatic heterocycles. The minimum Gasteiger partial charge on any atom is -0.396 e. The van der Waals surface area contributed by atoms with Crippen molar-refractivity contribution in [1.29, 1.82) is 0 Å². The number of hydrogen-bond acceptors (Lipinski definition) is 1.